The van der Waals surface area contributed by atoms with Gasteiger partial charge in [0.05, 0.1) is 0 Å². The van der Waals surface area contributed by atoms with Crippen molar-refractivity contribution in [3.05, 3.63) is 29.3 Å². The lowest BCUT2D eigenvalue weighted by Crippen LogP contribution is -2.42. The van der Waals surface area contributed by atoms with Gasteiger partial charge < -0.3 is 5.73 Å². The smallest absolute Gasteiger partial charge is 0.0350 e. The molecule has 0 aromatic heterocycles. The fourth-order valence-electron chi connectivity index (χ4n) is 3.94. The summed E-state index contributed by atoms with van der Waals surface area (Å²) >= 11 is 0. The molecule has 2 nitrogen and oxygen atoms in total. The average molecular weight is 258 g/mol. The Morgan fingerprint density at radius 3 is 3.05 bits per heavy atom. The van der Waals surface area contributed by atoms with E-state index in [9.17, 15) is 0 Å². The number of nitrogens with two attached hydrogens (primary N) is 1. The summed E-state index contributed by atoms with van der Waals surface area (Å²) in [5.74, 6) is 0.959. The number of rotatable bonds is 2. The molecular formula is C17H26N2. The van der Waals surface area contributed by atoms with Crippen molar-refractivity contribution >= 4 is 5.69 Å². The SMILES string of the molecule is CCC1CCCC(N2CCc3c(N)cccc3C2)C1. The van der Waals surface area contributed by atoms with Crippen LogP contribution < -0.4 is 5.73 Å². The minimum absolute atomic E-state index is 0.813. The predicted octanol–water partition coefficient (Wildman–Crippen LogP) is 3.60. The lowest BCUT2D eigenvalue weighted by atomic mass is 9.82. The largest absolute Gasteiger partial charge is 0.398 e. The maximum absolute atomic E-state index is 6.09. The zero-order valence-corrected chi connectivity index (χ0v) is 12.1. The van der Waals surface area contributed by atoms with Gasteiger partial charge in [-0.15, -0.1) is 0 Å². The lowest BCUT2D eigenvalue weighted by Gasteiger charge is -2.40. The second-order valence-corrected chi connectivity index (χ2v) is 6.30. The van der Waals surface area contributed by atoms with Crippen LogP contribution >= 0.6 is 0 Å². The minimum Gasteiger partial charge on any atom is -0.398 e. The fraction of sp³-hybridized carbons (Fsp3) is 0.647. The van der Waals surface area contributed by atoms with Gasteiger partial charge in [0.1, 0.15) is 0 Å². The number of fused-ring (bicyclic) bond motifs is 1. The van der Waals surface area contributed by atoms with Crippen LogP contribution in [0.4, 0.5) is 5.69 Å². The maximum atomic E-state index is 6.09. The van der Waals surface area contributed by atoms with Crippen molar-refractivity contribution in [2.24, 2.45) is 5.92 Å². The van der Waals surface area contributed by atoms with Gasteiger partial charge in [0, 0.05) is 24.8 Å². The van der Waals surface area contributed by atoms with Crippen LogP contribution in [-0.2, 0) is 13.0 Å². The molecule has 0 radical (unpaired) electrons. The summed E-state index contributed by atoms with van der Waals surface area (Å²) in [6, 6.07) is 7.22. The Kier molecular flexibility index (Phi) is 3.79. The first-order valence-corrected chi connectivity index (χ1v) is 7.88. The number of nitrogen functional groups attached to an aromatic ring is 1. The third-order valence-electron chi connectivity index (χ3n) is 5.18. The van der Waals surface area contributed by atoms with Crippen LogP contribution in [0.2, 0.25) is 0 Å². The van der Waals surface area contributed by atoms with E-state index in [2.05, 4.69) is 24.0 Å². The van der Waals surface area contributed by atoms with E-state index in [0.29, 0.717) is 0 Å². The Bertz CT molecular complexity index is 441. The van der Waals surface area contributed by atoms with Gasteiger partial charge in [0.15, 0.2) is 0 Å². The van der Waals surface area contributed by atoms with Crippen molar-refractivity contribution in [3.8, 4) is 0 Å². The van der Waals surface area contributed by atoms with E-state index >= 15 is 0 Å². The molecule has 19 heavy (non-hydrogen) atoms. The van der Waals surface area contributed by atoms with Gasteiger partial charge in [0.2, 0.25) is 0 Å². The van der Waals surface area contributed by atoms with Gasteiger partial charge >= 0.3 is 0 Å². The molecule has 0 spiro atoms. The van der Waals surface area contributed by atoms with Crippen molar-refractivity contribution in [2.45, 2.75) is 58.0 Å². The molecular weight excluding hydrogens is 232 g/mol. The second kappa shape index (κ2) is 5.54. The molecule has 0 amide bonds. The van der Waals surface area contributed by atoms with Crippen LogP contribution in [0.3, 0.4) is 0 Å². The number of benzene rings is 1. The molecule has 1 aromatic rings. The Balaban J connectivity index is 1.71. The van der Waals surface area contributed by atoms with E-state index in [1.54, 1.807) is 0 Å². The Labute approximate surface area is 117 Å². The monoisotopic (exact) mass is 258 g/mol. The van der Waals surface area contributed by atoms with E-state index < -0.39 is 0 Å². The Morgan fingerprint density at radius 2 is 2.21 bits per heavy atom. The summed E-state index contributed by atoms with van der Waals surface area (Å²) in [6.07, 6.45) is 8.17. The molecule has 2 N–H and O–H groups in total. The number of nitrogens with zero attached hydrogens (tertiary/aromatic N) is 1. The quantitative estimate of drug-likeness (QED) is 0.821. The summed E-state index contributed by atoms with van der Waals surface area (Å²) in [4.78, 5) is 2.71. The topological polar surface area (TPSA) is 29.3 Å². The lowest BCUT2D eigenvalue weighted by molar-refractivity contribution is 0.116. The van der Waals surface area contributed by atoms with Crippen molar-refractivity contribution in [1.29, 1.82) is 0 Å². The molecule has 104 valence electrons. The maximum Gasteiger partial charge on any atom is 0.0350 e. The third-order valence-corrected chi connectivity index (χ3v) is 5.18. The third kappa shape index (κ3) is 2.64. The number of anilines is 1. The molecule has 2 atom stereocenters. The molecule has 1 aliphatic carbocycles. The van der Waals surface area contributed by atoms with Crippen LogP contribution in [0, 0.1) is 5.92 Å². The number of hydrogen-bond donors (Lipinski definition) is 1. The van der Waals surface area contributed by atoms with Crippen molar-refractivity contribution in [2.75, 3.05) is 12.3 Å². The molecule has 1 heterocycles. The Hall–Kier alpha value is -1.02. The molecule has 0 saturated heterocycles. The van der Waals surface area contributed by atoms with Gasteiger partial charge in [-0.25, -0.2) is 0 Å². The van der Waals surface area contributed by atoms with Crippen LogP contribution in [0.25, 0.3) is 0 Å². The fourth-order valence-corrected chi connectivity index (χ4v) is 3.94. The highest BCUT2D eigenvalue weighted by molar-refractivity contribution is 5.51. The molecule has 1 aromatic carbocycles. The van der Waals surface area contributed by atoms with Crippen molar-refractivity contribution in [3.63, 3.8) is 0 Å². The molecule has 3 rings (SSSR count). The summed E-state index contributed by atoms with van der Waals surface area (Å²) in [5.41, 5.74) is 9.95. The molecule has 1 saturated carbocycles. The van der Waals surface area contributed by atoms with Crippen LogP contribution in [0.5, 0.6) is 0 Å². The summed E-state index contributed by atoms with van der Waals surface area (Å²) in [6.45, 7) is 4.66. The van der Waals surface area contributed by atoms with Gasteiger partial charge in [-0.3, -0.25) is 4.90 Å². The van der Waals surface area contributed by atoms with E-state index in [-0.39, 0.29) is 0 Å². The van der Waals surface area contributed by atoms with Gasteiger partial charge in [-0.1, -0.05) is 38.3 Å². The first kappa shape index (κ1) is 13.0. The molecule has 2 heteroatoms. The van der Waals surface area contributed by atoms with Gasteiger partial charge in [-0.2, -0.15) is 0 Å². The predicted molar refractivity (Wildman–Crippen MR) is 81.0 cm³/mol. The van der Waals surface area contributed by atoms with Gasteiger partial charge in [0.25, 0.3) is 0 Å². The highest BCUT2D eigenvalue weighted by atomic mass is 15.2. The van der Waals surface area contributed by atoms with Gasteiger partial charge in [-0.05, 0) is 42.4 Å². The second-order valence-electron chi connectivity index (χ2n) is 6.30. The van der Waals surface area contributed by atoms with Crippen LogP contribution in [0.15, 0.2) is 18.2 Å². The number of hydrogen-bond acceptors (Lipinski definition) is 2. The first-order valence-electron chi connectivity index (χ1n) is 7.88. The summed E-state index contributed by atoms with van der Waals surface area (Å²) in [7, 11) is 0. The standard InChI is InChI=1S/C17H26N2/c1-2-13-5-3-7-15(11-13)19-10-9-16-14(12-19)6-4-8-17(16)18/h4,6,8,13,15H,2-3,5,7,9-12,18H2,1H3. The Morgan fingerprint density at radius 1 is 1.32 bits per heavy atom. The average Bonchev–Trinajstić information content (AvgIpc) is 2.47. The van der Waals surface area contributed by atoms with Crippen LogP contribution in [-0.4, -0.2) is 17.5 Å². The van der Waals surface area contributed by atoms with E-state index in [4.69, 9.17) is 5.73 Å². The molecule has 2 aliphatic rings. The molecule has 1 fully saturated rings. The highest BCUT2D eigenvalue weighted by Crippen LogP contribution is 2.33. The summed E-state index contributed by atoms with van der Waals surface area (Å²) in [5, 5.41) is 0. The first-order chi connectivity index (χ1) is 9.28. The van der Waals surface area contributed by atoms with Crippen molar-refractivity contribution in [1.82, 2.24) is 4.90 Å². The molecule has 0 bridgehead atoms. The van der Waals surface area contributed by atoms with E-state index in [0.717, 1.165) is 30.6 Å². The summed E-state index contributed by atoms with van der Waals surface area (Å²) < 4.78 is 0. The van der Waals surface area contributed by atoms with E-state index in [1.165, 1.54) is 49.8 Å². The van der Waals surface area contributed by atoms with Crippen molar-refractivity contribution < 1.29 is 0 Å². The zero-order chi connectivity index (χ0) is 13.2. The highest BCUT2D eigenvalue weighted by Gasteiger charge is 2.28. The molecule has 2 unspecified atom stereocenters. The van der Waals surface area contributed by atoms with E-state index in [1.807, 2.05) is 6.07 Å². The minimum atomic E-state index is 0.813. The zero-order valence-electron chi connectivity index (χ0n) is 12.1. The molecule has 1 aliphatic heterocycles. The van der Waals surface area contributed by atoms with Crippen LogP contribution in [0.1, 0.15) is 50.2 Å². The normalized spacial score (nSPS) is 28.1.